The van der Waals surface area contributed by atoms with Crippen molar-refractivity contribution in [3.63, 3.8) is 0 Å². The van der Waals surface area contributed by atoms with Crippen LogP contribution in [-0.2, 0) is 11.8 Å². The van der Waals surface area contributed by atoms with Crippen LogP contribution in [0.2, 0.25) is 0 Å². The van der Waals surface area contributed by atoms with E-state index in [0.717, 1.165) is 40.9 Å². The number of fused-ring (bicyclic) bond motifs is 10. The van der Waals surface area contributed by atoms with Gasteiger partial charge in [-0.15, -0.1) is 0 Å². The van der Waals surface area contributed by atoms with Gasteiger partial charge in [0.1, 0.15) is 0 Å². The van der Waals surface area contributed by atoms with Gasteiger partial charge >= 0.3 is 0 Å². The van der Waals surface area contributed by atoms with Crippen LogP contribution in [0.1, 0.15) is 39.9 Å². The van der Waals surface area contributed by atoms with Crippen molar-refractivity contribution in [2.45, 2.75) is 28.0 Å². The second-order valence-electron chi connectivity index (χ2n) is 15.8. The van der Waals surface area contributed by atoms with Gasteiger partial charge in [0.2, 0.25) is 0 Å². The number of allylic oxidation sites excluding steroid dienone is 1. The van der Waals surface area contributed by atoms with E-state index < -0.39 is 5.41 Å². The fraction of sp³-hybridized carbons (Fsp3) is 0.0536. The van der Waals surface area contributed by atoms with Gasteiger partial charge in [-0.3, -0.25) is 4.98 Å². The van der Waals surface area contributed by atoms with Crippen molar-refractivity contribution in [2.75, 3.05) is 0 Å². The Hall–Kier alpha value is -7.14. The van der Waals surface area contributed by atoms with E-state index in [1.165, 1.54) is 76.7 Å². The Morgan fingerprint density at radius 1 is 0.433 bits per heavy atom. The van der Waals surface area contributed by atoms with E-state index in [9.17, 15) is 0 Å². The smallest absolute Gasteiger partial charge is 0.160 e. The van der Waals surface area contributed by atoms with Crippen LogP contribution >= 0.6 is 11.8 Å². The van der Waals surface area contributed by atoms with E-state index in [4.69, 9.17) is 15.0 Å². The monoisotopic (exact) mass is 783 g/mol. The standard InChI is InChI=1S/C56H37N3S/c1-3-13-38(14-4-1)51-35-52(59-55(58-51)39-15-5-2-6-16-39)41-28-30-54-49(34-41)56(46-20-10-7-17-43(46)44-18-8-11-21-47(44)56)48-33-40(27-29-53(48)60-54)36-23-25-37(26-24-36)42-31-32-57-50-22-12-9-19-45(42)50/h1-11,13-21,23-35H,12,22H2. The third-order valence-electron chi connectivity index (χ3n) is 12.5. The Kier molecular flexibility index (Phi) is 8.14. The highest BCUT2D eigenvalue weighted by Gasteiger charge is 2.50. The molecule has 3 aliphatic rings. The number of pyridine rings is 1. The van der Waals surface area contributed by atoms with Crippen LogP contribution in [0, 0.1) is 0 Å². The van der Waals surface area contributed by atoms with Gasteiger partial charge in [-0.05, 0) is 105 Å². The minimum Gasteiger partial charge on any atom is -0.261 e. The quantitative estimate of drug-likeness (QED) is 0.174. The Morgan fingerprint density at radius 2 is 1.00 bits per heavy atom. The van der Waals surface area contributed by atoms with Gasteiger partial charge in [-0.25, -0.2) is 9.97 Å². The molecule has 0 unspecified atom stereocenters. The molecule has 1 spiro atoms. The predicted octanol–water partition coefficient (Wildman–Crippen LogP) is 14.0. The van der Waals surface area contributed by atoms with Crippen molar-refractivity contribution < 1.29 is 0 Å². The minimum atomic E-state index is -0.547. The summed E-state index contributed by atoms with van der Waals surface area (Å²) in [5.74, 6) is 0.714. The van der Waals surface area contributed by atoms with Crippen molar-refractivity contribution in [3.05, 3.63) is 228 Å². The Morgan fingerprint density at radius 3 is 1.70 bits per heavy atom. The maximum atomic E-state index is 5.28. The molecular weight excluding hydrogens is 747 g/mol. The van der Waals surface area contributed by atoms with Crippen molar-refractivity contribution >= 4 is 17.8 Å². The number of hydrogen-bond donors (Lipinski definition) is 0. The molecule has 0 saturated carbocycles. The van der Waals surface area contributed by atoms with Crippen LogP contribution in [0.15, 0.2) is 204 Å². The Labute approximate surface area is 354 Å². The average Bonchev–Trinajstić information content (AvgIpc) is 3.62. The van der Waals surface area contributed by atoms with Crippen LogP contribution in [0.4, 0.5) is 0 Å². The molecule has 0 N–H and O–H groups in total. The minimum absolute atomic E-state index is 0.547. The number of aromatic nitrogens is 3. The number of hydrogen-bond acceptors (Lipinski definition) is 4. The van der Waals surface area contributed by atoms with Crippen molar-refractivity contribution in [1.29, 1.82) is 0 Å². The summed E-state index contributed by atoms with van der Waals surface area (Å²) >= 11 is 1.87. The van der Waals surface area contributed by atoms with Crippen LogP contribution in [0.25, 0.3) is 73.4 Å². The molecule has 60 heavy (non-hydrogen) atoms. The summed E-state index contributed by atoms with van der Waals surface area (Å²) in [6, 6.07) is 66.3. The van der Waals surface area contributed by atoms with Crippen LogP contribution < -0.4 is 0 Å². The third-order valence-corrected chi connectivity index (χ3v) is 13.6. The van der Waals surface area contributed by atoms with Crippen LogP contribution in [0.3, 0.4) is 0 Å². The SMILES string of the molecule is C1=Cc2c(-c3ccc(-c4ccc5c(c4)C4(c6cc(-c7cc(-c8ccccc8)nc(-c8ccccc8)n7)ccc6S5)c5ccccc5-c5ccccc54)cc3)ccnc2CC1. The van der Waals surface area contributed by atoms with Gasteiger partial charge in [0.05, 0.1) is 16.8 Å². The average molecular weight is 784 g/mol. The lowest BCUT2D eigenvalue weighted by molar-refractivity contribution is 0.723. The van der Waals surface area contributed by atoms with Gasteiger partial charge in [-0.2, -0.15) is 0 Å². The molecule has 3 heterocycles. The molecule has 0 atom stereocenters. The van der Waals surface area contributed by atoms with Crippen LogP contribution in [-0.4, -0.2) is 15.0 Å². The summed E-state index contributed by atoms with van der Waals surface area (Å²) in [5.41, 5.74) is 19.4. The molecule has 0 saturated heterocycles. The Balaban J connectivity index is 1.05. The fourth-order valence-electron chi connectivity index (χ4n) is 9.73. The highest BCUT2D eigenvalue weighted by molar-refractivity contribution is 7.99. The highest BCUT2D eigenvalue weighted by atomic mass is 32.2. The topological polar surface area (TPSA) is 38.7 Å². The fourth-order valence-corrected chi connectivity index (χ4v) is 10.9. The predicted molar refractivity (Wildman–Crippen MR) is 246 cm³/mol. The zero-order valence-corrected chi connectivity index (χ0v) is 33.5. The van der Waals surface area contributed by atoms with E-state index in [1.807, 2.05) is 42.2 Å². The van der Waals surface area contributed by atoms with E-state index in [-0.39, 0.29) is 0 Å². The second kappa shape index (κ2) is 14.0. The first-order valence-electron chi connectivity index (χ1n) is 20.6. The lowest BCUT2D eigenvalue weighted by atomic mass is 9.66. The van der Waals surface area contributed by atoms with Crippen LogP contribution in [0.5, 0.6) is 0 Å². The number of nitrogens with zero attached hydrogens (tertiary/aromatic N) is 3. The largest absolute Gasteiger partial charge is 0.261 e. The van der Waals surface area contributed by atoms with E-state index in [1.54, 1.807) is 0 Å². The Bertz CT molecular complexity index is 3070. The molecule has 0 amide bonds. The molecule has 3 nitrogen and oxygen atoms in total. The summed E-state index contributed by atoms with van der Waals surface area (Å²) in [7, 11) is 0. The zero-order valence-electron chi connectivity index (χ0n) is 32.7. The molecule has 0 bridgehead atoms. The van der Waals surface area contributed by atoms with E-state index in [0.29, 0.717) is 5.82 Å². The molecule has 12 rings (SSSR count). The number of benzene rings is 7. The molecule has 0 fully saturated rings. The summed E-state index contributed by atoms with van der Waals surface area (Å²) in [4.78, 5) is 17.6. The molecule has 9 aromatic rings. The van der Waals surface area contributed by atoms with Crippen molar-refractivity contribution in [2.24, 2.45) is 0 Å². The number of aryl methyl sites for hydroxylation is 1. The highest BCUT2D eigenvalue weighted by Crippen LogP contribution is 2.62. The third kappa shape index (κ3) is 5.48. The molecule has 0 radical (unpaired) electrons. The molecule has 7 aromatic carbocycles. The normalized spacial score (nSPS) is 13.9. The van der Waals surface area contributed by atoms with E-state index in [2.05, 4.69) is 170 Å². The summed E-state index contributed by atoms with van der Waals surface area (Å²) in [6.07, 6.45) is 8.50. The zero-order chi connectivity index (χ0) is 39.6. The summed E-state index contributed by atoms with van der Waals surface area (Å²) < 4.78 is 0. The van der Waals surface area contributed by atoms with Gasteiger partial charge in [0, 0.05) is 43.9 Å². The van der Waals surface area contributed by atoms with Crippen molar-refractivity contribution in [1.82, 2.24) is 15.0 Å². The van der Waals surface area contributed by atoms with Gasteiger partial charge < -0.3 is 0 Å². The lowest BCUT2D eigenvalue weighted by Crippen LogP contribution is -2.32. The van der Waals surface area contributed by atoms with Gasteiger partial charge in [0.25, 0.3) is 0 Å². The first-order chi connectivity index (χ1) is 29.7. The number of rotatable bonds is 5. The summed E-state index contributed by atoms with van der Waals surface area (Å²) in [6.45, 7) is 0. The van der Waals surface area contributed by atoms with Gasteiger partial charge in [-0.1, -0.05) is 170 Å². The van der Waals surface area contributed by atoms with Gasteiger partial charge in [0.15, 0.2) is 5.82 Å². The summed E-state index contributed by atoms with van der Waals surface area (Å²) in [5, 5.41) is 0. The second-order valence-corrected chi connectivity index (χ2v) is 16.9. The first kappa shape index (κ1) is 34.9. The maximum Gasteiger partial charge on any atom is 0.160 e. The maximum absolute atomic E-state index is 5.28. The molecule has 282 valence electrons. The molecule has 2 aliphatic carbocycles. The van der Waals surface area contributed by atoms with E-state index >= 15 is 0 Å². The molecule has 2 aromatic heterocycles. The lowest BCUT2D eigenvalue weighted by Gasteiger charge is -2.40. The molecule has 1 aliphatic heterocycles. The molecular formula is C56H37N3S. The van der Waals surface area contributed by atoms with Crippen molar-refractivity contribution in [3.8, 4) is 67.3 Å². The molecule has 4 heteroatoms. The first-order valence-corrected chi connectivity index (χ1v) is 21.5.